The van der Waals surface area contributed by atoms with Gasteiger partial charge in [0.2, 0.25) is 5.91 Å². The second-order valence-corrected chi connectivity index (χ2v) is 7.16. The third kappa shape index (κ3) is 2.59. The Labute approximate surface area is 138 Å². The van der Waals surface area contributed by atoms with Crippen molar-refractivity contribution in [3.8, 4) is 0 Å². The van der Waals surface area contributed by atoms with Crippen LogP contribution in [0.15, 0.2) is 24.3 Å². The van der Waals surface area contributed by atoms with E-state index in [2.05, 4.69) is 5.32 Å². The van der Waals surface area contributed by atoms with Crippen molar-refractivity contribution in [2.24, 2.45) is 5.92 Å². The van der Waals surface area contributed by atoms with Crippen LogP contribution in [-0.4, -0.2) is 40.5 Å². The fraction of sp³-hybridized carbons (Fsp3) is 0.438. The molecule has 2 aliphatic heterocycles. The fourth-order valence-electron chi connectivity index (χ4n) is 2.99. The predicted octanol–water partition coefficient (Wildman–Crippen LogP) is 0.147. The van der Waals surface area contributed by atoms with Crippen molar-refractivity contribution >= 4 is 29.5 Å². The molecule has 0 bridgehead atoms. The zero-order chi connectivity index (χ0) is 16.7. The van der Waals surface area contributed by atoms with Gasteiger partial charge in [0.25, 0.3) is 5.91 Å². The number of rotatable bonds is 4. The number of benzene rings is 1. The number of carbonyl (C=O) groups excluding carboxylic acids is 3. The minimum atomic E-state index is -1.31. The van der Waals surface area contributed by atoms with E-state index in [4.69, 9.17) is 0 Å². The molecule has 0 spiro atoms. The lowest BCUT2D eigenvalue weighted by molar-refractivity contribution is -0.309. The number of carbonyl (C=O) groups is 3. The zero-order valence-corrected chi connectivity index (χ0v) is 13.6. The van der Waals surface area contributed by atoms with Gasteiger partial charge < -0.3 is 20.1 Å². The highest BCUT2D eigenvalue weighted by atomic mass is 32.2. The zero-order valence-electron chi connectivity index (χ0n) is 12.8. The van der Waals surface area contributed by atoms with E-state index in [1.165, 1.54) is 11.8 Å². The third-order valence-corrected chi connectivity index (χ3v) is 5.52. The maximum absolute atomic E-state index is 12.6. The number of nitrogens with one attached hydrogen (secondary N) is 1. The van der Waals surface area contributed by atoms with Gasteiger partial charge in [-0.2, -0.15) is 0 Å². The summed E-state index contributed by atoms with van der Waals surface area (Å²) in [5.41, 5.74) is 1.53. The Morgan fingerprint density at radius 3 is 2.70 bits per heavy atom. The highest BCUT2D eigenvalue weighted by Gasteiger charge is 2.48. The Balaban J connectivity index is 1.80. The van der Waals surface area contributed by atoms with Gasteiger partial charge in [0.15, 0.2) is 0 Å². The van der Waals surface area contributed by atoms with Crippen molar-refractivity contribution in [2.45, 2.75) is 31.3 Å². The molecule has 1 saturated heterocycles. The minimum absolute atomic E-state index is 0.171. The molecule has 0 radical (unpaired) electrons. The molecule has 0 aromatic heterocycles. The summed E-state index contributed by atoms with van der Waals surface area (Å²) in [6.07, 6.45) is 0. The van der Waals surface area contributed by atoms with Crippen LogP contribution < -0.4 is 10.4 Å². The van der Waals surface area contributed by atoms with Gasteiger partial charge in [-0.25, -0.2) is 0 Å². The van der Waals surface area contributed by atoms with Gasteiger partial charge in [-0.15, -0.1) is 11.8 Å². The summed E-state index contributed by atoms with van der Waals surface area (Å²) in [7, 11) is 0. The number of aliphatic carboxylic acids is 1. The lowest BCUT2D eigenvalue weighted by atomic mass is 10.0. The van der Waals surface area contributed by atoms with Crippen LogP contribution in [0.5, 0.6) is 0 Å². The first-order valence-electron chi connectivity index (χ1n) is 7.46. The summed E-state index contributed by atoms with van der Waals surface area (Å²) in [4.78, 5) is 37.7. The largest absolute Gasteiger partial charge is 0.548 e. The molecular formula is C16H17N2O4S-. The number of fused-ring (bicyclic) bond motifs is 3. The molecule has 2 amide bonds. The van der Waals surface area contributed by atoms with E-state index in [9.17, 15) is 19.5 Å². The van der Waals surface area contributed by atoms with E-state index < -0.39 is 24.0 Å². The topological polar surface area (TPSA) is 89.5 Å². The van der Waals surface area contributed by atoms with E-state index in [0.29, 0.717) is 11.3 Å². The summed E-state index contributed by atoms with van der Waals surface area (Å²) in [5, 5.41) is 13.5. The fourth-order valence-corrected chi connectivity index (χ4v) is 4.45. The second-order valence-electron chi connectivity index (χ2n) is 6.05. The summed E-state index contributed by atoms with van der Waals surface area (Å²) in [6, 6.07) is 5.59. The first-order valence-corrected chi connectivity index (χ1v) is 8.51. The van der Waals surface area contributed by atoms with Crippen LogP contribution in [-0.2, 0) is 9.59 Å². The highest BCUT2D eigenvalue weighted by Crippen LogP contribution is 2.48. The molecule has 0 saturated carbocycles. The molecule has 1 fully saturated rings. The molecule has 7 heteroatoms. The molecule has 2 aliphatic rings. The monoisotopic (exact) mass is 333 g/mol. The van der Waals surface area contributed by atoms with Crippen molar-refractivity contribution < 1.29 is 19.5 Å². The number of hydrogen-bond donors (Lipinski definition) is 1. The summed E-state index contributed by atoms with van der Waals surface area (Å²) < 4.78 is 0. The Hall–Kier alpha value is -2.02. The molecular weight excluding hydrogens is 316 g/mol. The Morgan fingerprint density at radius 1 is 1.35 bits per heavy atom. The number of carboxylic acid groups (broad SMARTS) is 1. The van der Waals surface area contributed by atoms with Crippen molar-refractivity contribution in [1.82, 2.24) is 10.2 Å². The molecule has 122 valence electrons. The Morgan fingerprint density at radius 2 is 2.04 bits per heavy atom. The van der Waals surface area contributed by atoms with Crippen molar-refractivity contribution in [3.05, 3.63) is 35.4 Å². The number of hydrogen-bond acceptors (Lipinski definition) is 5. The van der Waals surface area contributed by atoms with Crippen LogP contribution in [0, 0.1) is 5.92 Å². The maximum Gasteiger partial charge on any atom is 0.256 e. The van der Waals surface area contributed by atoms with Gasteiger partial charge in [-0.3, -0.25) is 9.59 Å². The number of nitrogens with zero attached hydrogens (tertiary/aromatic N) is 1. The van der Waals surface area contributed by atoms with Gasteiger partial charge >= 0.3 is 0 Å². The average Bonchev–Trinajstić information content (AvgIpc) is 3.05. The Kier molecular flexibility index (Phi) is 4.06. The first-order chi connectivity index (χ1) is 10.9. The van der Waals surface area contributed by atoms with Crippen molar-refractivity contribution in [1.29, 1.82) is 0 Å². The van der Waals surface area contributed by atoms with Crippen LogP contribution in [0.3, 0.4) is 0 Å². The van der Waals surface area contributed by atoms with Crippen LogP contribution in [0.4, 0.5) is 0 Å². The SMILES string of the molecule is CC(C)[C@@H](NC(=O)[C@@H]1CS[C@@H]2c3ccccc3C(=O)N21)C(=O)[O-]. The van der Waals surface area contributed by atoms with Gasteiger partial charge in [-0.05, 0) is 17.5 Å². The van der Waals surface area contributed by atoms with Gasteiger partial charge in [-0.1, -0.05) is 32.0 Å². The van der Waals surface area contributed by atoms with E-state index >= 15 is 0 Å². The quantitative estimate of drug-likeness (QED) is 0.847. The van der Waals surface area contributed by atoms with E-state index in [1.807, 2.05) is 12.1 Å². The summed E-state index contributed by atoms with van der Waals surface area (Å²) in [6.45, 7) is 3.40. The van der Waals surface area contributed by atoms with Crippen molar-refractivity contribution in [2.75, 3.05) is 5.75 Å². The molecule has 1 aromatic rings. The third-order valence-electron chi connectivity index (χ3n) is 4.21. The average molecular weight is 333 g/mol. The summed E-state index contributed by atoms with van der Waals surface area (Å²) >= 11 is 1.52. The molecule has 2 heterocycles. The molecule has 0 unspecified atom stereocenters. The number of carboxylic acids is 1. The Bertz CT molecular complexity index is 676. The van der Waals surface area contributed by atoms with E-state index in [0.717, 1.165) is 5.56 Å². The molecule has 1 N–H and O–H groups in total. The van der Waals surface area contributed by atoms with Crippen LogP contribution in [0.25, 0.3) is 0 Å². The maximum atomic E-state index is 12.6. The van der Waals surface area contributed by atoms with Gasteiger partial charge in [0, 0.05) is 11.3 Å². The molecule has 1 aromatic carbocycles. The number of thioether (sulfide) groups is 1. The molecule has 6 nitrogen and oxygen atoms in total. The molecule has 3 atom stereocenters. The minimum Gasteiger partial charge on any atom is -0.548 e. The normalized spacial score (nSPS) is 23.6. The van der Waals surface area contributed by atoms with Gasteiger partial charge in [0.1, 0.15) is 11.4 Å². The molecule has 0 aliphatic carbocycles. The lowest BCUT2D eigenvalue weighted by Gasteiger charge is -2.28. The number of amides is 2. The predicted molar refractivity (Wildman–Crippen MR) is 83.4 cm³/mol. The smallest absolute Gasteiger partial charge is 0.256 e. The standard InChI is InChI=1S/C16H18N2O4S/c1-8(2)12(16(21)22)17-13(19)11-7-23-15-10-6-4-3-5-9(10)14(20)18(11)15/h3-6,8,11-12,15H,7H2,1-2H3,(H,17,19)(H,21,22)/p-1/t11-,12+,15+/m0/s1. The lowest BCUT2D eigenvalue weighted by Crippen LogP contribution is -2.55. The first kappa shape index (κ1) is 15.9. The van der Waals surface area contributed by atoms with Gasteiger partial charge in [0.05, 0.1) is 12.0 Å². The van der Waals surface area contributed by atoms with Crippen LogP contribution >= 0.6 is 11.8 Å². The van der Waals surface area contributed by atoms with Crippen LogP contribution in [0.1, 0.15) is 35.1 Å². The molecule has 23 heavy (non-hydrogen) atoms. The van der Waals surface area contributed by atoms with E-state index in [-0.39, 0.29) is 17.2 Å². The van der Waals surface area contributed by atoms with Crippen molar-refractivity contribution in [3.63, 3.8) is 0 Å². The highest BCUT2D eigenvalue weighted by molar-refractivity contribution is 7.99. The molecule has 3 rings (SSSR count). The van der Waals surface area contributed by atoms with E-state index in [1.54, 1.807) is 30.9 Å². The second kappa shape index (κ2) is 5.88. The van der Waals surface area contributed by atoms with Crippen LogP contribution in [0.2, 0.25) is 0 Å². The summed E-state index contributed by atoms with van der Waals surface area (Å²) in [5.74, 6) is -1.77.